The fourth-order valence-electron chi connectivity index (χ4n) is 3.26. The van der Waals surface area contributed by atoms with E-state index in [-0.39, 0.29) is 28.9 Å². The first-order valence-electron chi connectivity index (χ1n) is 8.20. The Kier molecular flexibility index (Phi) is 6.39. The van der Waals surface area contributed by atoms with Crippen LogP contribution in [0.15, 0.2) is 18.2 Å². The number of nitrogens with zero attached hydrogens (tertiary/aromatic N) is 3. The van der Waals surface area contributed by atoms with E-state index in [0.717, 1.165) is 45.4 Å². The predicted octanol–water partition coefficient (Wildman–Crippen LogP) is 2.05. The predicted molar refractivity (Wildman–Crippen MR) is 95.2 cm³/mol. The van der Waals surface area contributed by atoms with Crippen LogP contribution in [-0.2, 0) is 0 Å². The third-order valence-electron chi connectivity index (χ3n) is 4.49. The zero-order valence-corrected chi connectivity index (χ0v) is 14.4. The van der Waals surface area contributed by atoms with Crippen molar-refractivity contribution in [3.63, 3.8) is 0 Å². The number of carbonyl (C=O) groups is 1. The summed E-state index contributed by atoms with van der Waals surface area (Å²) in [7, 11) is 0. The summed E-state index contributed by atoms with van der Waals surface area (Å²) in [4.78, 5) is 27.5. The Bertz CT molecular complexity index is 597. The van der Waals surface area contributed by atoms with E-state index in [0.29, 0.717) is 24.3 Å². The van der Waals surface area contributed by atoms with Gasteiger partial charge in [0.2, 0.25) is 0 Å². The molecule has 0 saturated carbocycles. The number of anilines is 1. The molecule has 7 nitrogen and oxygen atoms in total. The average Bonchev–Trinajstić information content (AvgIpc) is 2.96. The fourth-order valence-corrected chi connectivity index (χ4v) is 3.26. The standard InChI is InChI=1S/C16H22N4O3.ClH/c21-16(19-10-3-6-17-7-11-19)13-4-5-14(15(12-13)20(22)23)18-8-1-2-9-18;/h4-5,12,17H,1-3,6-11H2;1H. The Morgan fingerprint density at radius 2 is 1.83 bits per heavy atom. The lowest BCUT2D eigenvalue weighted by molar-refractivity contribution is -0.384. The van der Waals surface area contributed by atoms with E-state index >= 15 is 0 Å². The molecule has 2 fully saturated rings. The highest BCUT2D eigenvalue weighted by Gasteiger charge is 2.25. The van der Waals surface area contributed by atoms with Crippen molar-refractivity contribution in [1.82, 2.24) is 10.2 Å². The minimum absolute atomic E-state index is 0. The molecule has 3 rings (SSSR count). The number of hydrogen-bond acceptors (Lipinski definition) is 5. The van der Waals surface area contributed by atoms with Crippen molar-refractivity contribution >= 4 is 29.7 Å². The zero-order chi connectivity index (χ0) is 16.2. The van der Waals surface area contributed by atoms with Crippen molar-refractivity contribution in [2.45, 2.75) is 19.3 Å². The second kappa shape index (κ2) is 8.30. The van der Waals surface area contributed by atoms with Gasteiger partial charge in [0.15, 0.2) is 0 Å². The normalized spacial score (nSPS) is 18.0. The van der Waals surface area contributed by atoms with Crippen molar-refractivity contribution in [1.29, 1.82) is 0 Å². The van der Waals surface area contributed by atoms with E-state index in [1.165, 1.54) is 6.07 Å². The van der Waals surface area contributed by atoms with Crippen LogP contribution < -0.4 is 10.2 Å². The third-order valence-corrected chi connectivity index (χ3v) is 4.49. The van der Waals surface area contributed by atoms with Crippen LogP contribution in [-0.4, -0.2) is 55.0 Å². The molecular formula is C16H23ClN4O3. The maximum Gasteiger partial charge on any atom is 0.293 e. The van der Waals surface area contributed by atoms with Crippen molar-refractivity contribution in [2.24, 2.45) is 0 Å². The molecule has 1 aromatic carbocycles. The van der Waals surface area contributed by atoms with Crippen LogP contribution in [0.2, 0.25) is 0 Å². The van der Waals surface area contributed by atoms with Gasteiger partial charge in [0.1, 0.15) is 5.69 Å². The lowest BCUT2D eigenvalue weighted by Crippen LogP contribution is -2.34. The zero-order valence-electron chi connectivity index (χ0n) is 13.6. The Labute approximate surface area is 147 Å². The van der Waals surface area contributed by atoms with E-state index in [1.807, 2.05) is 4.90 Å². The van der Waals surface area contributed by atoms with Gasteiger partial charge in [-0.15, -0.1) is 12.4 Å². The summed E-state index contributed by atoms with van der Waals surface area (Å²) < 4.78 is 0. The van der Waals surface area contributed by atoms with Gasteiger partial charge in [-0.25, -0.2) is 0 Å². The van der Waals surface area contributed by atoms with Gasteiger partial charge in [-0.3, -0.25) is 14.9 Å². The first-order chi connectivity index (χ1) is 11.2. The molecule has 1 aromatic rings. The number of nitro groups is 1. The minimum Gasteiger partial charge on any atom is -0.366 e. The van der Waals surface area contributed by atoms with Crippen LogP contribution in [0.5, 0.6) is 0 Å². The van der Waals surface area contributed by atoms with E-state index in [1.54, 1.807) is 17.0 Å². The summed E-state index contributed by atoms with van der Waals surface area (Å²) in [6.07, 6.45) is 3.01. The highest BCUT2D eigenvalue weighted by atomic mass is 35.5. The van der Waals surface area contributed by atoms with Crippen LogP contribution in [0.4, 0.5) is 11.4 Å². The maximum atomic E-state index is 12.6. The van der Waals surface area contributed by atoms with Crippen LogP contribution in [0.25, 0.3) is 0 Å². The molecule has 2 aliphatic rings. The van der Waals surface area contributed by atoms with Crippen LogP contribution in [0.3, 0.4) is 0 Å². The number of amides is 1. The summed E-state index contributed by atoms with van der Waals surface area (Å²) in [5.41, 5.74) is 1.06. The van der Waals surface area contributed by atoms with Gasteiger partial charge in [0.05, 0.1) is 4.92 Å². The highest BCUT2D eigenvalue weighted by molar-refractivity contribution is 5.95. The average molecular weight is 355 g/mol. The Morgan fingerprint density at radius 3 is 2.54 bits per heavy atom. The number of rotatable bonds is 3. The summed E-state index contributed by atoms with van der Waals surface area (Å²) in [6.45, 7) is 4.67. The lowest BCUT2D eigenvalue weighted by atomic mass is 10.1. The molecule has 0 spiro atoms. The van der Waals surface area contributed by atoms with Crippen molar-refractivity contribution in [3.8, 4) is 0 Å². The lowest BCUT2D eigenvalue weighted by Gasteiger charge is -2.21. The fraction of sp³-hybridized carbons (Fsp3) is 0.562. The number of nitro benzene ring substituents is 1. The Balaban J connectivity index is 0.00000208. The largest absolute Gasteiger partial charge is 0.366 e. The first-order valence-corrected chi connectivity index (χ1v) is 8.20. The Hall–Kier alpha value is -1.86. The van der Waals surface area contributed by atoms with Gasteiger partial charge in [0.25, 0.3) is 11.6 Å². The van der Waals surface area contributed by atoms with Gasteiger partial charge in [-0.1, -0.05) is 0 Å². The quantitative estimate of drug-likeness (QED) is 0.664. The van der Waals surface area contributed by atoms with Crippen molar-refractivity contribution in [3.05, 3.63) is 33.9 Å². The molecule has 0 bridgehead atoms. The molecule has 0 radical (unpaired) electrons. The first kappa shape index (κ1) is 18.5. The number of halogens is 1. The second-order valence-corrected chi connectivity index (χ2v) is 6.05. The number of benzene rings is 1. The minimum atomic E-state index is -0.381. The molecule has 24 heavy (non-hydrogen) atoms. The van der Waals surface area contributed by atoms with Gasteiger partial charge < -0.3 is 15.1 Å². The molecule has 2 heterocycles. The van der Waals surface area contributed by atoms with Crippen LogP contribution in [0, 0.1) is 10.1 Å². The van der Waals surface area contributed by atoms with Gasteiger partial charge in [0, 0.05) is 44.4 Å². The van der Waals surface area contributed by atoms with Gasteiger partial charge >= 0.3 is 0 Å². The van der Waals surface area contributed by atoms with Gasteiger partial charge in [-0.2, -0.15) is 0 Å². The molecule has 0 aliphatic carbocycles. The smallest absolute Gasteiger partial charge is 0.293 e. The molecule has 2 saturated heterocycles. The second-order valence-electron chi connectivity index (χ2n) is 6.05. The summed E-state index contributed by atoms with van der Waals surface area (Å²) >= 11 is 0. The molecule has 1 amide bonds. The monoisotopic (exact) mass is 354 g/mol. The maximum absolute atomic E-state index is 12.6. The van der Waals surface area contributed by atoms with Crippen LogP contribution in [0.1, 0.15) is 29.6 Å². The van der Waals surface area contributed by atoms with Crippen molar-refractivity contribution in [2.75, 3.05) is 44.2 Å². The topological polar surface area (TPSA) is 78.7 Å². The molecule has 0 atom stereocenters. The Morgan fingerprint density at radius 1 is 1.08 bits per heavy atom. The molecule has 1 N–H and O–H groups in total. The molecular weight excluding hydrogens is 332 g/mol. The SMILES string of the molecule is Cl.O=C(c1ccc(N2CCCC2)c([N+](=O)[O-])c1)N1CCCNCC1. The number of nitrogens with one attached hydrogen (secondary N) is 1. The van der Waals surface area contributed by atoms with E-state index in [2.05, 4.69) is 5.32 Å². The van der Waals surface area contributed by atoms with Crippen LogP contribution >= 0.6 is 12.4 Å². The molecule has 132 valence electrons. The van der Waals surface area contributed by atoms with E-state index in [9.17, 15) is 14.9 Å². The summed E-state index contributed by atoms with van der Waals surface area (Å²) in [6, 6.07) is 4.89. The number of hydrogen-bond donors (Lipinski definition) is 1. The molecule has 8 heteroatoms. The third kappa shape index (κ3) is 3.96. The van der Waals surface area contributed by atoms with Gasteiger partial charge in [-0.05, 0) is 37.9 Å². The van der Waals surface area contributed by atoms with Crippen molar-refractivity contribution < 1.29 is 9.72 Å². The number of carbonyl (C=O) groups excluding carboxylic acids is 1. The van der Waals surface area contributed by atoms with E-state index in [4.69, 9.17) is 0 Å². The molecule has 0 aromatic heterocycles. The highest BCUT2D eigenvalue weighted by Crippen LogP contribution is 2.32. The van der Waals surface area contributed by atoms with E-state index < -0.39 is 0 Å². The summed E-state index contributed by atoms with van der Waals surface area (Å²) in [5, 5.41) is 14.7. The summed E-state index contributed by atoms with van der Waals surface area (Å²) in [5.74, 6) is -0.121. The molecule has 2 aliphatic heterocycles. The molecule has 0 unspecified atom stereocenters.